The van der Waals surface area contributed by atoms with Crippen LogP contribution in [0.1, 0.15) is 13.8 Å². The number of hydrogen-bond donors (Lipinski definition) is 2. The molecule has 3 amide bonds. The summed E-state index contributed by atoms with van der Waals surface area (Å²) in [6.45, 7) is 3.81. The molecule has 0 bridgehead atoms. The fourth-order valence-corrected chi connectivity index (χ4v) is 1.45. The van der Waals surface area contributed by atoms with E-state index >= 15 is 0 Å². The fourth-order valence-electron chi connectivity index (χ4n) is 1.19. The molecule has 18 heavy (non-hydrogen) atoms. The molecule has 98 valence electrons. The maximum absolute atomic E-state index is 11.6. The number of hydrogen-bond acceptors (Lipinski definition) is 3. The Kier molecular flexibility index (Phi) is 5.64. The summed E-state index contributed by atoms with van der Waals surface area (Å²) in [6, 6.07) is 6.57. The van der Waals surface area contributed by atoms with E-state index in [0.29, 0.717) is 12.3 Å². The smallest absolute Gasteiger partial charge is 0.321 e. The lowest BCUT2D eigenvalue weighted by molar-refractivity contribution is -0.126. The van der Waals surface area contributed by atoms with Crippen LogP contribution in [-0.4, -0.2) is 24.6 Å². The van der Waals surface area contributed by atoms with Crippen molar-refractivity contribution in [2.24, 2.45) is 0 Å². The van der Waals surface area contributed by atoms with E-state index in [2.05, 4.69) is 26.6 Å². The van der Waals surface area contributed by atoms with Crippen molar-refractivity contribution in [2.75, 3.05) is 6.54 Å². The highest BCUT2D eigenvalue weighted by Gasteiger charge is 2.16. The van der Waals surface area contributed by atoms with Crippen LogP contribution >= 0.6 is 15.9 Å². The van der Waals surface area contributed by atoms with Crippen LogP contribution in [0.25, 0.3) is 0 Å². The van der Waals surface area contributed by atoms with Crippen LogP contribution in [0.4, 0.5) is 4.79 Å². The minimum absolute atomic E-state index is 0.459. The van der Waals surface area contributed by atoms with E-state index in [9.17, 15) is 9.59 Å². The molecule has 0 saturated carbocycles. The largest absolute Gasteiger partial charge is 0.481 e. The Hall–Kier alpha value is -1.56. The first-order valence-electron chi connectivity index (χ1n) is 5.54. The van der Waals surface area contributed by atoms with Crippen molar-refractivity contribution in [3.8, 4) is 5.75 Å². The summed E-state index contributed by atoms with van der Waals surface area (Å²) in [5.41, 5.74) is 0. The first-order valence-corrected chi connectivity index (χ1v) is 6.33. The topological polar surface area (TPSA) is 67.4 Å². The van der Waals surface area contributed by atoms with Crippen molar-refractivity contribution < 1.29 is 14.3 Å². The lowest BCUT2D eigenvalue weighted by Crippen LogP contribution is -2.45. The molecule has 0 aliphatic rings. The normalized spacial score (nSPS) is 11.5. The molecule has 1 unspecified atom stereocenters. The highest BCUT2D eigenvalue weighted by atomic mass is 79.9. The average Bonchev–Trinajstić information content (AvgIpc) is 2.32. The van der Waals surface area contributed by atoms with E-state index in [-0.39, 0.29) is 0 Å². The van der Waals surface area contributed by atoms with Crippen LogP contribution in [0.3, 0.4) is 0 Å². The number of benzene rings is 1. The molecule has 0 radical (unpaired) electrons. The number of amides is 3. The zero-order chi connectivity index (χ0) is 13.5. The summed E-state index contributed by atoms with van der Waals surface area (Å²) in [7, 11) is 0. The number of halogens is 1. The van der Waals surface area contributed by atoms with Gasteiger partial charge in [0.05, 0.1) is 0 Å². The lowest BCUT2D eigenvalue weighted by atomic mass is 10.3. The van der Waals surface area contributed by atoms with Crippen molar-refractivity contribution in [1.82, 2.24) is 10.6 Å². The number of urea groups is 1. The second-order valence-corrected chi connectivity index (χ2v) is 4.48. The van der Waals surface area contributed by atoms with Crippen LogP contribution in [0.5, 0.6) is 5.75 Å². The molecular formula is C12H15BrN2O3. The van der Waals surface area contributed by atoms with Crippen LogP contribution < -0.4 is 15.4 Å². The Morgan fingerprint density at radius 1 is 1.33 bits per heavy atom. The van der Waals surface area contributed by atoms with Gasteiger partial charge >= 0.3 is 6.03 Å². The average molecular weight is 315 g/mol. The van der Waals surface area contributed by atoms with Crippen molar-refractivity contribution in [2.45, 2.75) is 20.0 Å². The molecule has 1 atom stereocenters. The molecule has 0 aromatic heterocycles. The Balaban J connectivity index is 2.49. The maximum atomic E-state index is 11.6. The van der Waals surface area contributed by atoms with Gasteiger partial charge in [-0.25, -0.2) is 4.79 Å². The molecule has 2 N–H and O–H groups in total. The van der Waals surface area contributed by atoms with Gasteiger partial charge in [-0.15, -0.1) is 0 Å². The van der Waals surface area contributed by atoms with Crippen LogP contribution in [-0.2, 0) is 4.79 Å². The summed E-state index contributed by atoms with van der Waals surface area (Å²) in [6.07, 6.45) is -0.742. The van der Waals surface area contributed by atoms with Gasteiger partial charge in [-0.2, -0.15) is 0 Å². The molecule has 1 aromatic rings. The van der Waals surface area contributed by atoms with Crippen LogP contribution in [0.2, 0.25) is 0 Å². The number of imide groups is 1. The van der Waals surface area contributed by atoms with Gasteiger partial charge in [0.1, 0.15) is 5.75 Å². The molecule has 0 fully saturated rings. The Bertz CT molecular complexity index is 420. The third-order valence-corrected chi connectivity index (χ3v) is 2.60. The summed E-state index contributed by atoms with van der Waals surface area (Å²) in [5, 5.41) is 4.66. The van der Waals surface area contributed by atoms with Crippen molar-refractivity contribution in [1.29, 1.82) is 0 Å². The standard InChI is InChI=1S/C12H15BrN2O3/c1-3-14-12(17)15-11(16)8(2)18-10-6-4-9(13)5-7-10/h4-8H,3H2,1-2H3,(H2,14,15,16,17). The van der Waals surface area contributed by atoms with Crippen molar-refractivity contribution in [3.05, 3.63) is 28.7 Å². The monoisotopic (exact) mass is 314 g/mol. The van der Waals surface area contributed by atoms with E-state index in [4.69, 9.17) is 4.74 Å². The van der Waals surface area contributed by atoms with Gasteiger partial charge in [-0.1, -0.05) is 15.9 Å². The van der Waals surface area contributed by atoms with Gasteiger partial charge in [-0.05, 0) is 38.1 Å². The first-order chi connectivity index (χ1) is 8.52. The minimum Gasteiger partial charge on any atom is -0.481 e. The zero-order valence-electron chi connectivity index (χ0n) is 10.2. The van der Waals surface area contributed by atoms with Crippen molar-refractivity contribution >= 4 is 27.9 Å². The number of carbonyl (C=O) groups excluding carboxylic acids is 2. The molecule has 6 heteroatoms. The number of rotatable bonds is 4. The Morgan fingerprint density at radius 2 is 1.94 bits per heavy atom. The third kappa shape index (κ3) is 4.75. The van der Waals surface area contributed by atoms with Gasteiger partial charge in [-0.3, -0.25) is 10.1 Å². The Labute approximate surface area is 114 Å². The van der Waals surface area contributed by atoms with E-state index in [1.165, 1.54) is 0 Å². The molecule has 0 aliphatic heterocycles. The van der Waals surface area contributed by atoms with E-state index < -0.39 is 18.0 Å². The van der Waals surface area contributed by atoms with Gasteiger partial charge in [0.15, 0.2) is 6.10 Å². The molecule has 5 nitrogen and oxygen atoms in total. The van der Waals surface area contributed by atoms with E-state index in [0.717, 1.165) is 4.47 Å². The lowest BCUT2D eigenvalue weighted by Gasteiger charge is -2.14. The zero-order valence-corrected chi connectivity index (χ0v) is 11.8. The number of nitrogens with one attached hydrogen (secondary N) is 2. The van der Waals surface area contributed by atoms with E-state index in [1.807, 2.05) is 12.1 Å². The van der Waals surface area contributed by atoms with Crippen LogP contribution in [0, 0.1) is 0 Å². The third-order valence-electron chi connectivity index (χ3n) is 2.07. The Morgan fingerprint density at radius 3 is 2.50 bits per heavy atom. The summed E-state index contributed by atoms with van der Waals surface area (Å²) >= 11 is 3.30. The molecule has 0 spiro atoms. The van der Waals surface area contributed by atoms with E-state index in [1.54, 1.807) is 26.0 Å². The van der Waals surface area contributed by atoms with Crippen molar-refractivity contribution in [3.63, 3.8) is 0 Å². The highest BCUT2D eigenvalue weighted by Crippen LogP contribution is 2.17. The SMILES string of the molecule is CCNC(=O)NC(=O)C(C)Oc1ccc(Br)cc1. The number of ether oxygens (including phenoxy) is 1. The molecule has 1 aromatic carbocycles. The minimum atomic E-state index is -0.742. The predicted molar refractivity (Wildman–Crippen MR) is 71.4 cm³/mol. The molecule has 0 heterocycles. The fraction of sp³-hybridized carbons (Fsp3) is 0.333. The molecule has 0 saturated heterocycles. The van der Waals surface area contributed by atoms with Gasteiger partial charge in [0.25, 0.3) is 5.91 Å². The summed E-state index contributed by atoms with van der Waals surface area (Å²) in [4.78, 5) is 22.7. The maximum Gasteiger partial charge on any atom is 0.321 e. The quantitative estimate of drug-likeness (QED) is 0.894. The van der Waals surface area contributed by atoms with Gasteiger partial charge in [0, 0.05) is 11.0 Å². The second kappa shape index (κ2) is 7.00. The second-order valence-electron chi connectivity index (χ2n) is 3.56. The molecule has 0 aliphatic carbocycles. The van der Waals surface area contributed by atoms with Crippen LogP contribution in [0.15, 0.2) is 28.7 Å². The molecular weight excluding hydrogens is 300 g/mol. The first kappa shape index (κ1) is 14.5. The summed E-state index contributed by atoms with van der Waals surface area (Å²) < 4.78 is 6.32. The number of carbonyl (C=O) groups is 2. The predicted octanol–water partition coefficient (Wildman–Crippen LogP) is 2.06. The van der Waals surface area contributed by atoms with Gasteiger partial charge in [0.2, 0.25) is 0 Å². The highest BCUT2D eigenvalue weighted by molar-refractivity contribution is 9.10. The molecule has 1 rings (SSSR count). The van der Waals surface area contributed by atoms with Gasteiger partial charge < -0.3 is 10.1 Å². The summed E-state index contributed by atoms with van der Waals surface area (Å²) in [5.74, 6) is 0.0839.